The summed E-state index contributed by atoms with van der Waals surface area (Å²) in [4.78, 5) is 0. The van der Waals surface area contributed by atoms with E-state index in [1.807, 2.05) is 30.3 Å². The maximum Gasteiger partial charge on any atom is 0.0626 e. The van der Waals surface area contributed by atoms with Crippen LogP contribution in [0.25, 0.3) is 0 Å². The number of hydrogen-bond acceptors (Lipinski definition) is 3. The van der Waals surface area contributed by atoms with E-state index < -0.39 is 0 Å². The van der Waals surface area contributed by atoms with Crippen LogP contribution in [0, 0.1) is 0 Å². The third-order valence-electron chi connectivity index (χ3n) is 3.25. The number of nitrogens with one attached hydrogen (secondary N) is 1. The monoisotopic (exact) mass is 221 g/mol. The van der Waals surface area contributed by atoms with Crippen molar-refractivity contribution in [3.05, 3.63) is 35.9 Å². The molecule has 0 amide bonds. The molecule has 0 unspecified atom stereocenters. The topological polar surface area (TPSA) is 41.5 Å². The SMILES string of the molecule is COC1CC(N[C@H](CO)c2ccccc2)C1. The van der Waals surface area contributed by atoms with Crippen molar-refractivity contribution in [3.8, 4) is 0 Å². The molecule has 3 heteroatoms. The molecule has 1 aliphatic rings. The molecule has 88 valence electrons. The molecule has 3 nitrogen and oxygen atoms in total. The van der Waals surface area contributed by atoms with Gasteiger partial charge in [0.1, 0.15) is 0 Å². The fourth-order valence-electron chi connectivity index (χ4n) is 2.12. The summed E-state index contributed by atoms with van der Waals surface area (Å²) in [5.74, 6) is 0. The molecule has 1 aliphatic carbocycles. The van der Waals surface area contributed by atoms with Gasteiger partial charge in [0, 0.05) is 13.2 Å². The van der Waals surface area contributed by atoms with E-state index in [-0.39, 0.29) is 12.6 Å². The first-order valence-corrected chi connectivity index (χ1v) is 5.78. The average Bonchev–Trinajstić information content (AvgIpc) is 2.29. The van der Waals surface area contributed by atoms with Crippen LogP contribution in [0.5, 0.6) is 0 Å². The van der Waals surface area contributed by atoms with Crippen molar-refractivity contribution < 1.29 is 9.84 Å². The summed E-state index contributed by atoms with van der Waals surface area (Å²) in [7, 11) is 1.75. The summed E-state index contributed by atoms with van der Waals surface area (Å²) in [5.41, 5.74) is 1.14. The summed E-state index contributed by atoms with van der Waals surface area (Å²) < 4.78 is 5.23. The summed E-state index contributed by atoms with van der Waals surface area (Å²) in [5, 5.41) is 12.8. The second-order valence-corrected chi connectivity index (χ2v) is 4.34. The minimum Gasteiger partial charge on any atom is -0.394 e. The lowest BCUT2D eigenvalue weighted by Crippen LogP contribution is -2.47. The highest BCUT2D eigenvalue weighted by Crippen LogP contribution is 2.25. The highest BCUT2D eigenvalue weighted by Gasteiger charge is 2.30. The molecule has 1 fully saturated rings. The van der Waals surface area contributed by atoms with Crippen LogP contribution in [0.4, 0.5) is 0 Å². The average molecular weight is 221 g/mol. The molecular weight excluding hydrogens is 202 g/mol. The molecule has 1 atom stereocenters. The number of aliphatic hydroxyl groups excluding tert-OH is 1. The molecule has 0 aliphatic heterocycles. The van der Waals surface area contributed by atoms with Crippen molar-refractivity contribution >= 4 is 0 Å². The molecule has 16 heavy (non-hydrogen) atoms. The maximum atomic E-state index is 9.38. The molecule has 1 aromatic rings. The lowest BCUT2D eigenvalue weighted by atomic mass is 9.88. The predicted molar refractivity (Wildman–Crippen MR) is 63.2 cm³/mol. The van der Waals surface area contributed by atoms with Gasteiger partial charge in [0.05, 0.1) is 18.8 Å². The molecule has 0 aromatic heterocycles. The van der Waals surface area contributed by atoms with Crippen LogP contribution < -0.4 is 5.32 Å². The molecule has 0 spiro atoms. The van der Waals surface area contributed by atoms with E-state index in [2.05, 4.69) is 5.32 Å². The van der Waals surface area contributed by atoms with E-state index in [9.17, 15) is 5.11 Å². The normalized spacial score (nSPS) is 26.1. The number of methoxy groups -OCH3 is 1. The van der Waals surface area contributed by atoms with Crippen molar-refractivity contribution in [1.82, 2.24) is 5.32 Å². The zero-order valence-corrected chi connectivity index (χ0v) is 9.60. The highest BCUT2D eigenvalue weighted by atomic mass is 16.5. The van der Waals surface area contributed by atoms with Gasteiger partial charge >= 0.3 is 0 Å². The molecule has 2 rings (SSSR count). The first kappa shape index (κ1) is 11.6. The lowest BCUT2D eigenvalue weighted by Gasteiger charge is -2.37. The second-order valence-electron chi connectivity index (χ2n) is 4.34. The molecule has 0 heterocycles. The Morgan fingerprint density at radius 2 is 2.06 bits per heavy atom. The number of aliphatic hydroxyl groups is 1. The van der Waals surface area contributed by atoms with Crippen molar-refractivity contribution in [2.24, 2.45) is 0 Å². The van der Waals surface area contributed by atoms with Gasteiger partial charge in [-0.3, -0.25) is 0 Å². The van der Waals surface area contributed by atoms with E-state index in [0.29, 0.717) is 12.1 Å². The van der Waals surface area contributed by atoms with Crippen LogP contribution in [0.2, 0.25) is 0 Å². The van der Waals surface area contributed by atoms with Crippen molar-refractivity contribution in [1.29, 1.82) is 0 Å². The highest BCUT2D eigenvalue weighted by molar-refractivity contribution is 5.19. The molecule has 0 saturated heterocycles. The summed E-state index contributed by atoms with van der Waals surface area (Å²) in [6.07, 6.45) is 2.48. The van der Waals surface area contributed by atoms with E-state index in [0.717, 1.165) is 18.4 Å². The Morgan fingerprint density at radius 3 is 2.62 bits per heavy atom. The van der Waals surface area contributed by atoms with Gasteiger partial charge in [-0.2, -0.15) is 0 Å². The fraction of sp³-hybridized carbons (Fsp3) is 0.538. The van der Waals surface area contributed by atoms with E-state index in [1.54, 1.807) is 7.11 Å². The third-order valence-corrected chi connectivity index (χ3v) is 3.25. The number of ether oxygens (including phenoxy) is 1. The first-order valence-electron chi connectivity index (χ1n) is 5.78. The van der Waals surface area contributed by atoms with Gasteiger partial charge in [0.15, 0.2) is 0 Å². The molecule has 0 bridgehead atoms. The van der Waals surface area contributed by atoms with Crippen molar-refractivity contribution in [3.63, 3.8) is 0 Å². The molecular formula is C13H19NO2. The van der Waals surface area contributed by atoms with Gasteiger partial charge in [0.25, 0.3) is 0 Å². The van der Waals surface area contributed by atoms with E-state index >= 15 is 0 Å². The Kier molecular flexibility index (Phi) is 3.93. The van der Waals surface area contributed by atoms with Crippen LogP contribution in [0.1, 0.15) is 24.4 Å². The van der Waals surface area contributed by atoms with Gasteiger partial charge in [-0.05, 0) is 18.4 Å². The summed E-state index contributed by atoms with van der Waals surface area (Å²) in [6, 6.07) is 10.6. The fourth-order valence-corrected chi connectivity index (χ4v) is 2.12. The first-order chi connectivity index (χ1) is 7.83. The Balaban J connectivity index is 1.87. The van der Waals surface area contributed by atoms with E-state index in [4.69, 9.17) is 4.74 Å². The Morgan fingerprint density at radius 1 is 1.38 bits per heavy atom. The molecule has 0 radical (unpaired) electrons. The second kappa shape index (κ2) is 5.43. The zero-order chi connectivity index (χ0) is 11.4. The zero-order valence-electron chi connectivity index (χ0n) is 9.60. The van der Waals surface area contributed by atoms with E-state index in [1.165, 1.54) is 0 Å². The van der Waals surface area contributed by atoms with Crippen LogP contribution in [0.3, 0.4) is 0 Å². The van der Waals surface area contributed by atoms with Gasteiger partial charge in [-0.15, -0.1) is 0 Å². The van der Waals surface area contributed by atoms with Gasteiger partial charge in [0.2, 0.25) is 0 Å². The third kappa shape index (κ3) is 2.61. The quantitative estimate of drug-likeness (QED) is 0.791. The number of rotatable bonds is 5. The minimum atomic E-state index is 0.0454. The Labute approximate surface area is 96.4 Å². The van der Waals surface area contributed by atoms with Crippen LogP contribution >= 0.6 is 0 Å². The smallest absolute Gasteiger partial charge is 0.0626 e. The number of benzene rings is 1. The van der Waals surface area contributed by atoms with Crippen LogP contribution in [0.15, 0.2) is 30.3 Å². The van der Waals surface area contributed by atoms with Crippen LogP contribution in [-0.4, -0.2) is 31.0 Å². The molecule has 1 aromatic carbocycles. The van der Waals surface area contributed by atoms with Gasteiger partial charge in [-0.25, -0.2) is 0 Å². The molecule has 2 N–H and O–H groups in total. The predicted octanol–water partition coefficient (Wildman–Crippen LogP) is 1.49. The van der Waals surface area contributed by atoms with Crippen molar-refractivity contribution in [2.75, 3.05) is 13.7 Å². The Hall–Kier alpha value is -0.900. The maximum absolute atomic E-state index is 9.38. The van der Waals surface area contributed by atoms with Crippen LogP contribution in [-0.2, 0) is 4.74 Å². The van der Waals surface area contributed by atoms with Gasteiger partial charge in [-0.1, -0.05) is 30.3 Å². The minimum absolute atomic E-state index is 0.0454. The largest absolute Gasteiger partial charge is 0.394 e. The van der Waals surface area contributed by atoms with Crippen molar-refractivity contribution in [2.45, 2.75) is 31.0 Å². The summed E-state index contributed by atoms with van der Waals surface area (Å²) in [6.45, 7) is 0.137. The Bertz CT molecular complexity index is 309. The summed E-state index contributed by atoms with van der Waals surface area (Å²) >= 11 is 0. The standard InChI is InChI=1S/C13H19NO2/c1-16-12-7-11(8-12)14-13(9-15)10-5-3-2-4-6-10/h2-6,11-15H,7-9H2,1H3/t11?,12?,13-/m1/s1. The molecule has 1 saturated carbocycles. The van der Waals surface area contributed by atoms with Gasteiger partial charge < -0.3 is 15.2 Å². The lowest BCUT2D eigenvalue weighted by molar-refractivity contribution is 0.0117. The number of hydrogen-bond donors (Lipinski definition) is 2.